The van der Waals surface area contributed by atoms with E-state index in [1.807, 2.05) is 18.2 Å². The minimum atomic E-state index is -0.802. The molecule has 0 aromatic heterocycles. The SMILES string of the molecule is CC(O)Oc1ccc2c(c1)N(C1CCN(C(C)c3ccc(F)cc3)CC1)CC2. The van der Waals surface area contributed by atoms with Gasteiger partial charge >= 0.3 is 0 Å². The molecular weight excluding hydrogens is 355 g/mol. The maximum Gasteiger partial charge on any atom is 0.194 e. The van der Waals surface area contributed by atoms with E-state index >= 15 is 0 Å². The molecule has 0 spiro atoms. The van der Waals surface area contributed by atoms with E-state index in [-0.39, 0.29) is 5.82 Å². The molecule has 0 amide bonds. The molecule has 28 heavy (non-hydrogen) atoms. The third-order valence-electron chi connectivity index (χ3n) is 6.13. The summed E-state index contributed by atoms with van der Waals surface area (Å²) in [7, 11) is 0. The first kappa shape index (κ1) is 19.2. The molecule has 5 heteroatoms. The van der Waals surface area contributed by atoms with Gasteiger partial charge in [-0.05, 0) is 62.4 Å². The van der Waals surface area contributed by atoms with E-state index in [4.69, 9.17) is 4.74 Å². The molecule has 150 valence electrons. The molecule has 4 rings (SSSR count). The van der Waals surface area contributed by atoms with Gasteiger partial charge in [-0.2, -0.15) is 0 Å². The van der Waals surface area contributed by atoms with Crippen molar-refractivity contribution in [1.29, 1.82) is 0 Å². The van der Waals surface area contributed by atoms with Gasteiger partial charge in [-0.15, -0.1) is 0 Å². The van der Waals surface area contributed by atoms with Crippen molar-refractivity contribution in [1.82, 2.24) is 4.90 Å². The Morgan fingerprint density at radius 3 is 2.43 bits per heavy atom. The lowest BCUT2D eigenvalue weighted by molar-refractivity contribution is -0.000264. The smallest absolute Gasteiger partial charge is 0.194 e. The van der Waals surface area contributed by atoms with Crippen LogP contribution in [0.4, 0.5) is 10.1 Å². The molecule has 1 fully saturated rings. The van der Waals surface area contributed by atoms with Crippen LogP contribution in [-0.4, -0.2) is 42.0 Å². The lowest BCUT2D eigenvalue weighted by atomic mass is 9.99. The summed E-state index contributed by atoms with van der Waals surface area (Å²) in [6.07, 6.45) is 2.50. The number of hydrogen-bond donors (Lipinski definition) is 1. The molecule has 2 aromatic rings. The van der Waals surface area contributed by atoms with Crippen LogP contribution in [0.25, 0.3) is 0 Å². The second-order valence-corrected chi connectivity index (χ2v) is 7.95. The van der Waals surface area contributed by atoms with E-state index in [9.17, 15) is 9.50 Å². The van der Waals surface area contributed by atoms with Crippen LogP contribution in [0.2, 0.25) is 0 Å². The van der Waals surface area contributed by atoms with E-state index in [2.05, 4.69) is 28.9 Å². The molecule has 4 nitrogen and oxygen atoms in total. The molecule has 2 heterocycles. The lowest BCUT2D eigenvalue weighted by Crippen LogP contribution is -2.45. The van der Waals surface area contributed by atoms with Crippen molar-refractivity contribution in [2.75, 3.05) is 24.5 Å². The molecule has 0 radical (unpaired) electrons. The molecule has 0 bridgehead atoms. The van der Waals surface area contributed by atoms with E-state index < -0.39 is 6.29 Å². The third kappa shape index (κ3) is 4.01. The summed E-state index contributed by atoms with van der Waals surface area (Å²) in [5.74, 6) is 0.546. The number of aliphatic hydroxyl groups excluding tert-OH is 1. The fourth-order valence-corrected chi connectivity index (χ4v) is 4.57. The van der Waals surface area contributed by atoms with Crippen LogP contribution in [0.1, 0.15) is 43.9 Å². The van der Waals surface area contributed by atoms with Gasteiger partial charge < -0.3 is 14.7 Å². The minimum absolute atomic E-state index is 0.179. The zero-order chi connectivity index (χ0) is 19.7. The van der Waals surface area contributed by atoms with Gasteiger partial charge in [0, 0.05) is 43.5 Å². The van der Waals surface area contributed by atoms with Crippen molar-refractivity contribution >= 4 is 5.69 Å². The van der Waals surface area contributed by atoms with Gasteiger partial charge in [0.2, 0.25) is 0 Å². The summed E-state index contributed by atoms with van der Waals surface area (Å²) in [6.45, 7) is 6.96. The van der Waals surface area contributed by atoms with Crippen LogP contribution in [0.5, 0.6) is 5.75 Å². The molecule has 2 aliphatic heterocycles. The highest BCUT2D eigenvalue weighted by Crippen LogP contribution is 2.36. The second kappa shape index (κ2) is 8.10. The molecule has 2 aromatic carbocycles. The number of aliphatic hydroxyl groups is 1. The number of anilines is 1. The average molecular weight is 384 g/mol. The van der Waals surface area contributed by atoms with Gasteiger partial charge in [0.1, 0.15) is 11.6 Å². The number of rotatable bonds is 5. The summed E-state index contributed by atoms with van der Waals surface area (Å²) in [5, 5.41) is 9.50. The second-order valence-electron chi connectivity index (χ2n) is 7.95. The minimum Gasteiger partial charge on any atom is -0.465 e. The molecule has 2 aliphatic rings. The van der Waals surface area contributed by atoms with Crippen LogP contribution in [-0.2, 0) is 6.42 Å². The van der Waals surface area contributed by atoms with E-state index in [0.717, 1.165) is 44.6 Å². The largest absolute Gasteiger partial charge is 0.465 e. The Balaban J connectivity index is 1.40. The molecular formula is C23H29FN2O2. The Morgan fingerprint density at radius 2 is 1.75 bits per heavy atom. The fourth-order valence-electron chi connectivity index (χ4n) is 4.57. The summed E-state index contributed by atoms with van der Waals surface area (Å²) in [5.41, 5.74) is 3.79. The van der Waals surface area contributed by atoms with Crippen molar-refractivity contribution in [2.45, 2.75) is 51.5 Å². The van der Waals surface area contributed by atoms with Gasteiger partial charge in [0.05, 0.1) is 0 Å². The van der Waals surface area contributed by atoms with Crippen LogP contribution >= 0.6 is 0 Å². The Morgan fingerprint density at radius 1 is 1.04 bits per heavy atom. The van der Waals surface area contributed by atoms with Crippen LogP contribution in [0, 0.1) is 5.82 Å². The highest BCUT2D eigenvalue weighted by Gasteiger charge is 2.31. The third-order valence-corrected chi connectivity index (χ3v) is 6.13. The maximum absolute atomic E-state index is 13.2. The first-order valence-corrected chi connectivity index (χ1v) is 10.2. The number of piperidine rings is 1. The topological polar surface area (TPSA) is 35.9 Å². The Kier molecular flexibility index (Phi) is 5.56. The van der Waals surface area contributed by atoms with Crippen molar-refractivity contribution in [3.8, 4) is 5.75 Å². The lowest BCUT2D eigenvalue weighted by Gasteiger charge is -2.40. The quantitative estimate of drug-likeness (QED) is 0.787. The van der Waals surface area contributed by atoms with Gasteiger partial charge in [0.15, 0.2) is 6.29 Å². The van der Waals surface area contributed by atoms with E-state index in [1.54, 1.807) is 19.1 Å². The molecule has 1 N–H and O–H groups in total. The van der Waals surface area contributed by atoms with E-state index in [0.29, 0.717) is 12.1 Å². The normalized spacial score (nSPS) is 20.1. The number of benzene rings is 2. The molecule has 2 atom stereocenters. The monoisotopic (exact) mass is 384 g/mol. The van der Waals surface area contributed by atoms with Gasteiger partial charge in [0.25, 0.3) is 0 Å². The number of fused-ring (bicyclic) bond motifs is 1. The summed E-state index contributed by atoms with van der Waals surface area (Å²) >= 11 is 0. The molecule has 0 saturated carbocycles. The average Bonchev–Trinajstić information content (AvgIpc) is 3.11. The highest BCUT2D eigenvalue weighted by atomic mass is 19.1. The predicted molar refractivity (Wildman–Crippen MR) is 109 cm³/mol. The Bertz CT molecular complexity index is 801. The summed E-state index contributed by atoms with van der Waals surface area (Å²) in [6, 6.07) is 13.9. The molecule has 1 saturated heterocycles. The number of hydrogen-bond acceptors (Lipinski definition) is 4. The van der Waals surface area contributed by atoms with Gasteiger partial charge in [-0.1, -0.05) is 18.2 Å². The number of halogens is 1. The van der Waals surface area contributed by atoms with Crippen molar-refractivity contribution in [2.24, 2.45) is 0 Å². The zero-order valence-electron chi connectivity index (χ0n) is 16.6. The van der Waals surface area contributed by atoms with Gasteiger partial charge in [-0.3, -0.25) is 4.90 Å². The molecule has 2 unspecified atom stereocenters. The Hall–Kier alpha value is -2.11. The first-order chi connectivity index (χ1) is 13.5. The zero-order valence-corrected chi connectivity index (χ0v) is 16.6. The summed E-state index contributed by atoms with van der Waals surface area (Å²) in [4.78, 5) is 5.01. The first-order valence-electron chi connectivity index (χ1n) is 10.2. The predicted octanol–water partition coefficient (Wildman–Crippen LogP) is 4.13. The van der Waals surface area contributed by atoms with Crippen molar-refractivity contribution in [3.05, 3.63) is 59.4 Å². The van der Waals surface area contributed by atoms with Crippen LogP contribution in [0.15, 0.2) is 42.5 Å². The Labute approximate surface area is 166 Å². The number of ether oxygens (including phenoxy) is 1. The van der Waals surface area contributed by atoms with Gasteiger partial charge in [-0.25, -0.2) is 4.39 Å². The van der Waals surface area contributed by atoms with Crippen LogP contribution in [0.3, 0.4) is 0 Å². The van der Waals surface area contributed by atoms with Crippen molar-refractivity contribution in [3.63, 3.8) is 0 Å². The van der Waals surface area contributed by atoms with Crippen LogP contribution < -0.4 is 9.64 Å². The number of likely N-dealkylation sites (tertiary alicyclic amines) is 1. The maximum atomic E-state index is 13.2. The fraction of sp³-hybridized carbons (Fsp3) is 0.478. The van der Waals surface area contributed by atoms with E-state index in [1.165, 1.54) is 16.8 Å². The number of nitrogens with zero attached hydrogens (tertiary/aromatic N) is 2. The molecule has 0 aliphatic carbocycles. The summed E-state index contributed by atoms with van der Waals surface area (Å²) < 4.78 is 18.7. The van der Waals surface area contributed by atoms with Crippen molar-refractivity contribution < 1.29 is 14.2 Å². The highest BCUT2D eigenvalue weighted by molar-refractivity contribution is 5.61. The standard InChI is InChI=1S/C23H29FN2O2/c1-16(18-3-6-20(24)7-4-18)25-12-10-21(11-13-25)26-14-9-19-5-8-22(15-23(19)26)28-17(2)27/h3-8,15-17,21,27H,9-14H2,1-2H3.